The number of esters is 1. The number of hydrogen-bond acceptors (Lipinski definition) is 4. The van der Waals surface area contributed by atoms with Crippen LogP contribution in [0.3, 0.4) is 0 Å². The van der Waals surface area contributed by atoms with Crippen molar-refractivity contribution in [2.45, 2.75) is 6.42 Å². The van der Waals surface area contributed by atoms with E-state index in [1.165, 1.54) is 0 Å². The predicted octanol–water partition coefficient (Wildman–Crippen LogP) is 3.07. The molecule has 5 nitrogen and oxygen atoms in total. The van der Waals surface area contributed by atoms with E-state index in [9.17, 15) is 9.59 Å². The van der Waals surface area contributed by atoms with Crippen LogP contribution in [0.25, 0.3) is 11.1 Å². The molecule has 5 heteroatoms. The number of benzene rings is 2. The Balaban J connectivity index is 1.86. The molecule has 0 atom stereocenters. The first kappa shape index (κ1) is 18.0. The van der Waals surface area contributed by atoms with Crippen molar-refractivity contribution in [3.05, 3.63) is 72.3 Å². The molecule has 0 aliphatic heterocycles. The van der Waals surface area contributed by atoms with Crippen LogP contribution >= 0.6 is 0 Å². The molecule has 0 bridgehead atoms. The lowest BCUT2D eigenvalue weighted by Gasteiger charge is -2.07. The highest BCUT2D eigenvalue weighted by Gasteiger charge is 2.06. The fourth-order valence-electron chi connectivity index (χ4n) is 2.16. The molecule has 0 saturated carbocycles. The summed E-state index contributed by atoms with van der Waals surface area (Å²) in [6.45, 7) is 3.96. The molecule has 0 spiro atoms. The average Bonchev–Trinajstić information content (AvgIpc) is 2.67. The Morgan fingerprint density at radius 1 is 1.08 bits per heavy atom. The third-order valence-corrected chi connectivity index (χ3v) is 3.51. The molecule has 1 N–H and O–H groups in total. The van der Waals surface area contributed by atoms with Crippen LogP contribution in [-0.4, -0.2) is 25.0 Å². The van der Waals surface area contributed by atoms with Crippen molar-refractivity contribution in [1.82, 2.24) is 5.32 Å². The third kappa shape index (κ3) is 5.33. The van der Waals surface area contributed by atoms with Crippen LogP contribution in [0.1, 0.15) is 22.3 Å². The second-order valence-electron chi connectivity index (χ2n) is 5.25. The van der Waals surface area contributed by atoms with Gasteiger partial charge < -0.3 is 10.1 Å². The lowest BCUT2D eigenvalue weighted by atomic mass is 10.0. The van der Waals surface area contributed by atoms with Crippen LogP contribution in [0.5, 0.6) is 0 Å². The molecule has 0 aliphatic rings. The van der Waals surface area contributed by atoms with Crippen molar-refractivity contribution in [1.29, 1.82) is 5.26 Å². The van der Waals surface area contributed by atoms with Gasteiger partial charge in [-0.05, 0) is 41.8 Å². The summed E-state index contributed by atoms with van der Waals surface area (Å²) in [7, 11) is 0. The van der Waals surface area contributed by atoms with E-state index < -0.39 is 5.97 Å². The van der Waals surface area contributed by atoms with E-state index in [-0.39, 0.29) is 12.5 Å². The highest BCUT2D eigenvalue weighted by molar-refractivity contribution is 5.94. The smallest absolute Gasteiger partial charge is 0.330 e. The number of hydrogen-bond donors (Lipinski definition) is 1. The van der Waals surface area contributed by atoms with Crippen LogP contribution < -0.4 is 5.32 Å². The van der Waals surface area contributed by atoms with Crippen molar-refractivity contribution >= 4 is 11.9 Å². The molecule has 0 unspecified atom stereocenters. The van der Waals surface area contributed by atoms with E-state index >= 15 is 0 Å². The molecule has 126 valence electrons. The molecule has 0 aromatic heterocycles. The van der Waals surface area contributed by atoms with E-state index in [2.05, 4.69) is 18.0 Å². The topological polar surface area (TPSA) is 79.2 Å². The molecular weight excluding hydrogens is 316 g/mol. The zero-order valence-electron chi connectivity index (χ0n) is 13.7. The van der Waals surface area contributed by atoms with Gasteiger partial charge in [-0.2, -0.15) is 5.26 Å². The number of nitriles is 1. The second kappa shape index (κ2) is 9.04. The molecule has 25 heavy (non-hydrogen) atoms. The van der Waals surface area contributed by atoms with Gasteiger partial charge in [0.2, 0.25) is 0 Å². The Morgan fingerprint density at radius 2 is 1.68 bits per heavy atom. The summed E-state index contributed by atoms with van der Waals surface area (Å²) in [5, 5.41) is 11.6. The first-order valence-electron chi connectivity index (χ1n) is 7.82. The van der Waals surface area contributed by atoms with Crippen LogP contribution in [-0.2, 0) is 9.53 Å². The summed E-state index contributed by atoms with van der Waals surface area (Å²) in [4.78, 5) is 22.9. The molecule has 2 aromatic rings. The summed E-state index contributed by atoms with van der Waals surface area (Å²) in [6.07, 6.45) is 1.64. The Bertz CT molecular complexity index is 787. The van der Waals surface area contributed by atoms with Crippen molar-refractivity contribution in [3.8, 4) is 17.2 Å². The summed E-state index contributed by atoms with van der Waals surface area (Å²) in [5.74, 6) is -0.647. The largest absolute Gasteiger partial charge is 0.462 e. The lowest BCUT2D eigenvalue weighted by Crippen LogP contribution is -2.25. The lowest BCUT2D eigenvalue weighted by molar-refractivity contribution is -0.137. The maximum atomic E-state index is 12.1. The van der Waals surface area contributed by atoms with Crippen molar-refractivity contribution in [3.63, 3.8) is 0 Å². The zero-order chi connectivity index (χ0) is 18.1. The van der Waals surface area contributed by atoms with Gasteiger partial charge in [-0.1, -0.05) is 30.8 Å². The first-order chi connectivity index (χ1) is 12.1. The van der Waals surface area contributed by atoms with E-state index in [0.717, 1.165) is 17.2 Å². The second-order valence-corrected chi connectivity index (χ2v) is 5.25. The van der Waals surface area contributed by atoms with Crippen LogP contribution in [0, 0.1) is 11.3 Å². The van der Waals surface area contributed by atoms with Gasteiger partial charge in [-0.3, -0.25) is 4.79 Å². The Labute approximate surface area is 146 Å². The first-order valence-corrected chi connectivity index (χ1v) is 7.82. The Morgan fingerprint density at radius 3 is 2.24 bits per heavy atom. The molecule has 1 amide bonds. The zero-order valence-corrected chi connectivity index (χ0v) is 13.7. The quantitative estimate of drug-likeness (QED) is 0.479. The van der Waals surface area contributed by atoms with E-state index in [0.29, 0.717) is 24.1 Å². The number of carbonyl (C=O) groups is 2. The molecule has 0 fully saturated rings. The fourth-order valence-corrected chi connectivity index (χ4v) is 2.16. The van der Waals surface area contributed by atoms with Gasteiger partial charge in [0.05, 0.1) is 18.2 Å². The maximum absolute atomic E-state index is 12.1. The number of rotatable bonds is 7. The average molecular weight is 334 g/mol. The molecule has 0 radical (unpaired) electrons. The standard InChI is InChI=1S/C20H18N2O3/c1-2-19(23)25-13-3-12-22-20(24)18-10-8-17(9-11-18)16-6-4-15(14-21)5-7-16/h2,4-11H,1,3,12-13H2,(H,22,24). The minimum absolute atomic E-state index is 0.179. The van der Waals surface area contributed by atoms with Crippen molar-refractivity contribution in [2.24, 2.45) is 0 Å². The number of ether oxygens (including phenoxy) is 1. The van der Waals surface area contributed by atoms with Gasteiger partial charge in [-0.25, -0.2) is 4.79 Å². The van der Waals surface area contributed by atoms with Crippen LogP contribution in [0.2, 0.25) is 0 Å². The van der Waals surface area contributed by atoms with E-state index in [4.69, 9.17) is 10.00 Å². The minimum Gasteiger partial charge on any atom is -0.462 e. The van der Waals surface area contributed by atoms with Gasteiger partial charge in [-0.15, -0.1) is 0 Å². The Hall–Kier alpha value is -3.39. The maximum Gasteiger partial charge on any atom is 0.330 e. The molecular formula is C20H18N2O3. The highest BCUT2D eigenvalue weighted by atomic mass is 16.5. The predicted molar refractivity (Wildman–Crippen MR) is 94.7 cm³/mol. The van der Waals surface area contributed by atoms with E-state index in [1.54, 1.807) is 24.3 Å². The van der Waals surface area contributed by atoms with Gasteiger partial charge in [0.15, 0.2) is 0 Å². The van der Waals surface area contributed by atoms with Crippen molar-refractivity contribution in [2.75, 3.05) is 13.2 Å². The number of carbonyl (C=O) groups excluding carboxylic acids is 2. The SMILES string of the molecule is C=CC(=O)OCCCNC(=O)c1ccc(-c2ccc(C#N)cc2)cc1. The van der Waals surface area contributed by atoms with Crippen molar-refractivity contribution < 1.29 is 14.3 Å². The van der Waals surface area contributed by atoms with Gasteiger partial charge in [0.1, 0.15) is 0 Å². The van der Waals surface area contributed by atoms with Gasteiger partial charge >= 0.3 is 5.97 Å². The van der Waals surface area contributed by atoms with E-state index in [1.807, 2.05) is 24.3 Å². The summed E-state index contributed by atoms with van der Waals surface area (Å²) in [5.41, 5.74) is 3.12. The summed E-state index contributed by atoms with van der Waals surface area (Å²) in [6, 6.07) is 16.6. The van der Waals surface area contributed by atoms with Gasteiger partial charge in [0, 0.05) is 18.2 Å². The number of nitrogens with one attached hydrogen (secondary N) is 1. The molecule has 2 aromatic carbocycles. The van der Waals surface area contributed by atoms with Crippen LogP contribution in [0.4, 0.5) is 0 Å². The molecule has 0 aliphatic carbocycles. The monoisotopic (exact) mass is 334 g/mol. The summed E-state index contributed by atoms with van der Waals surface area (Å²) >= 11 is 0. The fraction of sp³-hybridized carbons (Fsp3) is 0.150. The van der Waals surface area contributed by atoms with Crippen LogP contribution in [0.15, 0.2) is 61.2 Å². The third-order valence-electron chi connectivity index (χ3n) is 3.51. The highest BCUT2D eigenvalue weighted by Crippen LogP contribution is 2.20. The minimum atomic E-state index is -0.468. The molecule has 2 rings (SSSR count). The summed E-state index contributed by atoms with van der Waals surface area (Å²) < 4.78 is 4.83. The molecule has 0 saturated heterocycles. The number of nitrogens with zero attached hydrogens (tertiary/aromatic N) is 1. The normalized spacial score (nSPS) is 9.72. The van der Waals surface area contributed by atoms with Gasteiger partial charge in [0.25, 0.3) is 5.91 Å². The molecule has 0 heterocycles. The Kier molecular flexibility index (Phi) is 6.49. The number of amides is 1.